The Bertz CT molecular complexity index is 1180. The Labute approximate surface area is 180 Å². The van der Waals surface area contributed by atoms with Crippen LogP contribution >= 0.6 is 0 Å². The number of ether oxygens (including phenoxy) is 1. The Morgan fingerprint density at radius 2 is 2.13 bits per heavy atom. The van der Waals surface area contributed by atoms with Crippen molar-refractivity contribution in [1.29, 1.82) is 5.26 Å². The molecule has 4 rings (SSSR count). The van der Waals surface area contributed by atoms with Gasteiger partial charge in [0, 0.05) is 42.0 Å². The summed E-state index contributed by atoms with van der Waals surface area (Å²) in [4.78, 5) is 6.30. The fourth-order valence-electron chi connectivity index (χ4n) is 3.82. The van der Waals surface area contributed by atoms with Crippen LogP contribution < -0.4 is 15.8 Å². The Balaban J connectivity index is 1.96. The number of nitrogens with two attached hydrogens (primary N) is 1. The van der Waals surface area contributed by atoms with Crippen LogP contribution in [0.25, 0.3) is 11.1 Å². The Hall–Kier alpha value is -3.64. The number of halogens is 1. The first-order valence-corrected chi connectivity index (χ1v) is 9.89. The van der Waals surface area contributed by atoms with E-state index in [0.29, 0.717) is 34.6 Å². The number of benzene rings is 1. The van der Waals surface area contributed by atoms with E-state index in [1.54, 1.807) is 30.1 Å². The van der Waals surface area contributed by atoms with Crippen LogP contribution in [-0.2, 0) is 13.5 Å². The van der Waals surface area contributed by atoms with Gasteiger partial charge in [0.2, 0.25) is 0 Å². The fourth-order valence-corrected chi connectivity index (χ4v) is 3.82. The largest absolute Gasteiger partial charge is 0.482 e. The molecule has 0 aliphatic carbocycles. The van der Waals surface area contributed by atoms with Crippen LogP contribution in [0.2, 0.25) is 0 Å². The third-order valence-corrected chi connectivity index (χ3v) is 5.48. The number of fused-ring (bicyclic) bond motifs is 5. The van der Waals surface area contributed by atoms with Gasteiger partial charge in [-0.05, 0) is 45.3 Å². The number of rotatable bonds is 1. The average Bonchev–Trinajstić information content (AvgIpc) is 3.04. The maximum Gasteiger partial charge on any atom is 0.166 e. The first-order chi connectivity index (χ1) is 14.8. The summed E-state index contributed by atoms with van der Waals surface area (Å²) in [5.74, 6) is 0.229. The Morgan fingerprint density at radius 3 is 2.84 bits per heavy atom. The molecule has 3 aromatic rings. The molecule has 2 unspecified atom stereocenters. The molecule has 2 bridgehead atoms. The minimum Gasteiger partial charge on any atom is -0.482 e. The summed E-state index contributed by atoms with van der Waals surface area (Å²) in [5, 5.41) is 17.9. The highest BCUT2D eigenvalue weighted by atomic mass is 19.1. The van der Waals surface area contributed by atoms with Crippen LogP contribution in [-0.4, -0.2) is 39.9 Å². The number of nitrogens with zero attached hydrogens (tertiary/aromatic N) is 5. The predicted molar refractivity (Wildman–Crippen MR) is 116 cm³/mol. The smallest absolute Gasteiger partial charge is 0.166 e. The van der Waals surface area contributed by atoms with Crippen molar-refractivity contribution in [1.82, 2.24) is 19.7 Å². The zero-order valence-corrected chi connectivity index (χ0v) is 17.8. The fraction of sp³-hybridized carbons (Fsp3) is 0.318. The van der Waals surface area contributed by atoms with Crippen molar-refractivity contribution in [2.75, 3.05) is 25.1 Å². The zero-order chi connectivity index (χ0) is 22.3. The van der Waals surface area contributed by atoms with Crippen LogP contribution in [0.3, 0.4) is 0 Å². The lowest BCUT2D eigenvalue weighted by Gasteiger charge is -2.29. The zero-order valence-electron chi connectivity index (χ0n) is 17.8. The van der Waals surface area contributed by atoms with Crippen molar-refractivity contribution in [3.63, 3.8) is 0 Å². The highest BCUT2D eigenvalue weighted by Crippen LogP contribution is 2.36. The highest BCUT2D eigenvalue weighted by Gasteiger charge is 2.26. The second-order valence-corrected chi connectivity index (χ2v) is 7.83. The minimum absolute atomic E-state index is 0.169. The first kappa shape index (κ1) is 20.6. The molecule has 3 heterocycles. The lowest BCUT2D eigenvalue weighted by atomic mass is 10.0. The van der Waals surface area contributed by atoms with Gasteiger partial charge in [-0.2, -0.15) is 10.4 Å². The van der Waals surface area contributed by atoms with Crippen molar-refractivity contribution in [3.05, 3.63) is 53.2 Å². The van der Waals surface area contributed by atoms with Crippen molar-refractivity contribution in [3.8, 4) is 22.9 Å². The summed E-state index contributed by atoms with van der Waals surface area (Å²) in [6.07, 6.45) is 1.45. The lowest BCUT2D eigenvalue weighted by Crippen LogP contribution is -2.38. The van der Waals surface area contributed by atoms with Gasteiger partial charge in [0.15, 0.2) is 11.6 Å². The summed E-state index contributed by atoms with van der Waals surface area (Å²) in [7, 11) is 5.64. The number of nitriles is 1. The summed E-state index contributed by atoms with van der Waals surface area (Å²) in [5.41, 5.74) is 10.0. The number of aryl methyl sites for hydroxylation is 1. The second-order valence-electron chi connectivity index (χ2n) is 7.83. The van der Waals surface area contributed by atoms with Gasteiger partial charge in [0.05, 0.1) is 11.9 Å². The number of anilines is 2. The maximum atomic E-state index is 14.1. The molecule has 160 valence electrons. The lowest BCUT2D eigenvalue weighted by molar-refractivity contribution is 0.227. The molecule has 31 heavy (non-hydrogen) atoms. The van der Waals surface area contributed by atoms with Crippen LogP contribution in [0.4, 0.5) is 15.9 Å². The van der Waals surface area contributed by atoms with Crippen LogP contribution in [0.15, 0.2) is 30.5 Å². The number of nitrogen functional groups attached to an aromatic ring is 1. The number of aromatic nitrogens is 3. The van der Waals surface area contributed by atoms with Crippen LogP contribution in [0.5, 0.6) is 5.75 Å². The topological polar surface area (TPSA) is 105 Å². The highest BCUT2D eigenvalue weighted by molar-refractivity contribution is 5.74. The van der Waals surface area contributed by atoms with E-state index in [1.165, 1.54) is 12.1 Å². The number of hydrogen-bond acceptors (Lipinski definition) is 7. The van der Waals surface area contributed by atoms with Crippen molar-refractivity contribution < 1.29 is 9.13 Å². The average molecular weight is 421 g/mol. The van der Waals surface area contributed by atoms with E-state index in [2.05, 4.69) is 21.5 Å². The molecule has 0 saturated carbocycles. The Morgan fingerprint density at radius 1 is 1.35 bits per heavy atom. The number of pyridine rings is 1. The monoisotopic (exact) mass is 421 g/mol. The molecule has 8 nitrogen and oxygen atoms in total. The van der Waals surface area contributed by atoms with Gasteiger partial charge in [0.25, 0.3) is 0 Å². The van der Waals surface area contributed by atoms with E-state index >= 15 is 0 Å². The third-order valence-electron chi connectivity index (χ3n) is 5.48. The van der Waals surface area contributed by atoms with E-state index < -0.39 is 6.10 Å². The molecule has 0 spiro atoms. The number of likely N-dealkylation sites (N-methyl/N-ethyl adjacent to an activating group) is 1. The number of hydrogen-bond donors (Lipinski definition) is 2. The van der Waals surface area contributed by atoms with E-state index in [0.717, 1.165) is 11.4 Å². The van der Waals surface area contributed by atoms with Crippen molar-refractivity contribution >= 4 is 11.5 Å². The third kappa shape index (κ3) is 3.78. The van der Waals surface area contributed by atoms with Gasteiger partial charge in [-0.25, -0.2) is 9.37 Å². The standard InChI is InChI=1S/C22H24FN7O/c1-12-15-8-14(23)5-6-16(15)27-20(29(2)3)9-17-21(18(10-24)30(4)28-17)13-7-19(31-12)22(25)26-11-13/h5-8,11-12,20,27H,9H2,1-4H3,(H2,25,26). The van der Waals surface area contributed by atoms with Gasteiger partial charge >= 0.3 is 0 Å². The molecule has 0 fully saturated rings. The van der Waals surface area contributed by atoms with Gasteiger partial charge < -0.3 is 15.8 Å². The first-order valence-electron chi connectivity index (χ1n) is 9.89. The molecule has 0 saturated heterocycles. The molecular weight excluding hydrogens is 397 g/mol. The normalized spacial score (nSPS) is 18.0. The van der Waals surface area contributed by atoms with E-state index in [-0.39, 0.29) is 17.8 Å². The van der Waals surface area contributed by atoms with Crippen LogP contribution in [0.1, 0.15) is 30.0 Å². The molecule has 0 radical (unpaired) electrons. The molecule has 1 aromatic carbocycles. The number of nitrogens with one attached hydrogen (secondary N) is 1. The van der Waals surface area contributed by atoms with Gasteiger partial charge in [-0.3, -0.25) is 9.58 Å². The summed E-state index contributed by atoms with van der Waals surface area (Å²) in [6.45, 7) is 1.83. The minimum atomic E-state index is -0.497. The molecule has 9 heteroatoms. The molecule has 2 aromatic heterocycles. The quantitative estimate of drug-likeness (QED) is 0.622. The molecule has 3 N–H and O–H groups in total. The van der Waals surface area contributed by atoms with Crippen molar-refractivity contribution in [2.45, 2.75) is 25.6 Å². The summed E-state index contributed by atoms with van der Waals surface area (Å²) < 4.78 is 21.8. The summed E-state index contributed by atoms with van der Waals surface area (Å²) in [6, 6.07) is 8.57. The van der Waals surface area contributed by atoms with Crippen molar-refractivity contribution in [2.24, 2.45) is 7.05 Å². The molecular formula is C22H24FN7O. The van der Waals surface area contributed by atoms with E-state index in [1.807, 2.05) is 25.9 Å². The molecule has 0 amide bonds. The van der Waals surface area contributed by atoms with E-state index in [4.69, 9.17) is 10.5 Å². The molecule has 2 atom stereocenters. The van der Waals surface area contributed by atoms with E-state index in [9.17, 15) is 9.65 Å². The Kier molecular flexibility index (Phi) is 5.25. The maximum absolute atomic E-state index is 14.1. The van der Waals surface area contributed by atoms with Crippen LogP contribution in [0, 0.1) is 17.1 Å². The van der Waals surface area contributed by atoms with Gasteiger partial charge in [-0.15, -0.1) is 0 Å². The van der Waals surface area contributed by atoms with Gasteiger partial charge in [0.1, 0.15) is 23.7 Å². The second kappa shape index (κ2) is 7.89. The summed E-state index contributed by atoms with van der Waals surface area (Å²) >= 11 is 0. The SMILES string of the molecule is CC1Oc2cc(cnc2N)-c2c(nn(C)c2C#N)CC(N(C)C)Nc2ccc(F)cc21. The van der Waals surface area contributed by atoms with Gasteiger partial charge in [-0.1, -0.05) is 0 Å². The predicted octanol–water partition coefficient (Wildman–Crippen LogP) is 3.07. The molecule has 1 aliphatic rings. The molecule has 1 aliphatic heterocycles.